The molecule has 1 aromatic rings. The number of carbonyl (C=O) groups is 1. The molecule has 94 valence electrons. The number of nitrogens with two attached hydrogens (primary N) is 1. The Morgan fingerprint density at radius 1 is 1.65 bits per heavy atom. The summed E-state index contributed by atoms with van der Waals surface area (Å²) in [4.78, 5) is 21.9. The maximum Gasteiger partial charge on any atom is 0.287 e. The standard InChI is InChI=1S/C10H16N4O3/c1-7(2)13-6-8(14(16)17)5-9(13)10(15)12-4-3-11/h5-7H,3-4,11H2,1-2H3,(H,12,15). The molecule has 3 N–H and O–H groups in total. The largest absolute Gasteiger partial charge is 0.349 e. The minimum Gasteiger partial charge on any atom is -0.349 e. The number of carbonyl (C=O) groups excluding carboxylic acids is 1. The third-order valence-corrected chi connectivity index (χ3v) is 2.26. The molecule has 1 aromatic heterocycles. The van der Waals surface area contributed by atoms with E-state index in [0.717, 1.165) is 0 Å². The fourth-order valence-electron chi connectivity index (χ4n) is 1.45. The molecule has 0 radical (unpaired) electrons. The fraction of sp³-hybridized carbons (Fsp3) is 0.500. The van der Waals surface area contributed by atoms with Crippen molar-refractivity contribution in [1.29, 1.82) is 0 Å². The highest BCUT2D eigenvalue weighted by Gasteiger charge is 2.20. The summed E-state index contributed by atoms with van der Waals surface area (Å²) in [6, 6.07) is 1.24. The smallest absolute Gasteiger partial charge is 0.287 e. The summed E-state index contributed by atoms with van der Waals surface area (Å²) >= 11 is 0. The highest BCUT2D eigenvalue weighted by Crippen LogP contribution is 2.20. The zero-order valence-corrected chi connectivity index (χ0v) is 9.84. The van der Waals surface area contributed by atoms with E-state index in [1.54, 1.807) is 4.57 Å². The summed E-state index contributed by atoms with van der Waals surface area (Å²) in [7, 11) is 0. The Balaban J connectivity index is 3.03. The Labute approximate surface area is 98.7 Å². The molecule has 0 aromatic carbocycles. The Kier molecular flexibility index (Phi) is 4.22. The van der Waals surface area contributed by atoms with E-state index < -0.39 is 4.92 Å². The predicted molar refractivity (Wildman–Crippen MR) is 62.9 cm³/mol. The molecule has 0 unspecified atom stereocenters. The summed E-state index contributed by atoms with van der Waals surface area (Å²) in [6.07, 6.45) is 1.36. The van der Waals surface area contributed by atoms with Gasteiger partial charge in [-0.2, -0.15) is 0 Å². The van der Waals surface area contributed by atoms with Crippen molar-refractivity contribution in [1.82, 2.24) is 9.88 Å². The van der Waals surface area contributed by atoms with Crippen LogP contribution in [0.2, 0.25) is 0 Å². The van der Waals surface area contributed by atoms with Gasteiger partial charge >= 0.3 is 0 Å². The molecule has 7 heteroatoms. The van der Waals surface area contributed by atoms with Crippen molar-refractivity contribution in [3.05, 3.63) is 28.1 Å². The predicted octanol–water partition coefficient (Wildman–Crippen LogP) is 0.666. The Morgan fingerprint density at radius 2 is 2.29 bits per heavy atom. The van der Waals surface area contributed by atoms with Gasteiger partial charge in [0.1, 0.15) is 5.69 Å². The SMILES string of the molecule is CC(C)n1cc([N+](=O)[O-])cc1C(=O)NCCN. The second kappa shape index (κ2) is 5.44. The van der Waals surface area contributed by atoms with Crippen molar-refractivity contribution in [2.45, 2.75) is 19.9 Å². The summed E-state index contributed by atoms with van der Waals surface area (Å²) in [5.41, 5.74) is 5.47. The second-order valence-corrected chi connectivity index (χ2v) is 3.89. The van der Waals surface area contributed by atoms with Crippen LogP contribution in [0.3, 0.4) is 0 Å². The van der Waals surface area contributed by atoms with Crippen molar-refractivity contribution in [3.63, 3.8) is 0 Å². The van der Waals surface area contributed by atoms with Crippen LogP contribution in [0.5, 0.6) is 0 Å². The molecule has 0 bridgehead atoms. The van der Waals surface area contributed by atoms with Gasteiger partial charge in [-0.3, -0.25) is 14.9 Å². The van der Waals surface area contributed by atoms with Crippen molar-refractivity contribution >= 4 is 11.6 Å². The lowest BCUT2D eigenvalue weighted by Gasteiger charge is -2.11. The monoisotopic (exact) mass is 240 g/mol. The number of nitrogens with one attached hydrogen (secondary N) is 1. The van der Waals surface area contributed by atoms with Gasteiger partial charge in [0.25, 0.3) is 11.6 Å². The van der Waals surface area contributed by atoms with Gasteiger partial charge < -0.3 is 15.6 Å². The van der Waals surface area contributed by atoms with Gasteiger partial charge in [0.05, 0.1) is 11.1 Å². The maximum absolute atomic E-state index is 11.8. The average Bonchev–Trinajstić information content (AvgIpc) is 2.70. The van der Waals surface area contributed by atoms with E-state index in [-0.39, 0.29) is 23.3 Å². The number of amides is 1. The molecule has 0 spiro atoms. The van der Waals surface area contributed by atoms with Crippen LogP contribution >= 0.6 is 0 Å². The van der Waals surface area contributed by atoms with E-state index in [4.69, 9.17) is 5.73 Å². The van der Waals surface area contributed by atoms with Crippen LogP contribution in [0.4, 0.5) is 5.69 Å². The van der Waals surface area contributed by atoms with Crippen LogP contribution in [-0.4, -0.2) is 28.5 Å². The van der Waals surface area contributed by atoms with Crippen LogP contribution in [0, 0.1) is 10.1 Å². The molecule has 17 heavy (non-hydrogen) atoms. The number of nitrogens with zero attached hydrogens (tertiary/aromatic N) is 2. The summed E-state index contributed by atoms with van der Waals surface area (Å²) in [5.74, 6) is -0.350. The molecular formula is C10H16N4O3. The summed E-state index contributed by atoms with van der Waals surface area (Å²) < 4.78 is 1.57. The van der Waals surface area contributed by atoms with E-state index in [2.05, 4.69) is 5.32 Å². The van der Waals surface area contributed by atoms with Crippen LogP contribution in [0.1, 0.15) is 30.4 Å². The first-order valence-electron chi connectivity index (χ1n) is 5.32. The Morgan fingerprint density at radius 3 is 2.76 bits per heavy atom. The van der Waals surface area contributed by atoms with E-state index in [1.807, 2.05) is 13.8 Å². The van der Waals surface area contributed by atoms with Crippen LogP contribution in [0.25, 0.3) is 0 Å². The molecule has 0 saturated carbocycles. The second-order valence-electron chi connectivity index (χ2n) is 3.89. The molecule has 0 aliphatic heterocycles. The normalized spacial score (nSPS) is 10.6. The topological polar surface area (TPSA) is 103 Å². The molecule has 0 aliphatic rings. The lowest BCUT2D eigenvalue weighted by molar-refractivity contribution is -0.384. The van der Waals surface area contributed by atoms with Gasteiger partial charge in [-0.15, -0.1) is 0 Å². The Bertz CT molecular complexity index is 425. The first kappa shape index (κ1) is 13.2. The number of hydrogen-bond acceptors (Lipinski definition) is 4. The van der Waals surface area contributed by atoms with Gasteiger partial charge in [-0.1, -0.05) is 0 Å². The van der Waals surface area contributed by atoms with E-state index in [1.165, 1.54) is 12.3 Å². The number of rotatable bonds is 5. The molecule has 0 saturated heterocycles. The minimum absolute atomic E-state index is 0.0256. The molecular weight excluding hydrogens is 224 g/mol. The molecule has 7 nitrogen and oxygen atoms in total. The molecule has 0 aliphatic carbocycles. The highest BCUT2D eigenvalue weighted by atomic mass is 16.6. The van der Waals surface area contributed by atoms with Gasteiger partial charge in [-0.05, 0) is 13.8 Å². The van der Waals surface area contributed by atoms with Crippen LogP contribution in [0.15, 0.2) is 12.3 Å². The van der Waals surface area contributed by atoms with E-state index in [0.29, 0.717) is 13.1 Å². The van der Waals surface area contributed by atoms with Crippen LogP contribution < -0.4 is 11.1 Å². The molecule has 1 heterocycles. The first-order valence-corrected chi connectivity index (χ1v) is 5.32. The molecule has 1 rings (SSSR count). The number of aromatic nitrogens is 1. The van der Waals surface area contributed by atoms with Gasteiger partial charge in [-0.25, -0.2) is 0 Å². The quantitative estimate of drug-likeness (QED) is 0.583. The van der Waals surface area contributed by atoms with Gasteiger partial charge in [0.15, 0.2) is 0 Å². The third kappa shape index (κ3) is 3.04. The van der Waals surface area contributed by atoms with Crippen LogP contribution in [-0.2, 0) is 0 Å². The van der Waals surface area contributed by atoms with Crippen molar-refractivity contribution < 1.29 is 9.72 Å². The van der Waals surface area contributed by atoms with Crippen molar-refractivity contribution in [3.8, 4) is 0 Å². The lowest BCUT2D eigenvalue weighted by Crippen LogP contribution is -2.30. The first-order chi connectivity index (χ1) is 7.97. The number of nitro groups is 1. The molecule has 1 amide bonds. The van der Waals surface area contributed by atoms with Crippen molar-refractivity contribution in [2.24, 2.45) is 5.73 Å². The summed E-state index contributed by atoms with van der Waals surface area (Å²) in [6.45, 7) is 4.37. The highest BCUT2D eigenvalue weighted by molar-refractivity contribution is 5.93. The average molecular weight is 240 g/mol. The third-order valence-electron chi connectivity index (χ3n) is 2.26. The fourth-order valence-corrected chi connectivity index (χ4v) is 1.45. The lowest BCUT2D eigenvalue weighted by atomic mass is 10.3. The molecule has 0 atom stereocenters. The van der Waals surface area contributed by atoms with E-state index in [9.17, 15) is 14.9 Å². The zero-order valence-electron chi connectivity index (χ0n) is 9.84. The van der Waals surface area contributed by atoms with Gasteiger partial charge in [0.2, 0.25) is 0 Å². The minimum atomic E-state index is -0.515. The van der Waals surface area contributed by atoms with E-state index >= 15 is 0 Å². The Hall–Kier alpha value is -1.89. The maximum atomic E-state index is 11.8. The number of hydrogen-bond donors (Lipinski definition) is 2. The van der Waals surface area contributed by atoms with Crippen molar-refractivity contribution in [2.75, 3.05) is 13.1 Å². The zero-order chi connectivity index (χ0) is 13.0. The van der Waals surface area contributed by atoms with Gasteiger partial charge in [0, 0.05) is 25.2 Å². The summed E-state index contributed by atoms with van der Waals surface area (Å²) in [5, 5.41) is 13.3. The molecule has 0 fully saturated rings.